The summed E-state index contributed by atoms with van der Waals surface area (Å²) in [6, 6.07) is 10.1. The molecule has 3 heterocycles. The molecular formula is C13H9N5. The molecule has 0 bridgehead atoms. The summed E-state index contributed by atoms with van der Waals surface area (Å²) in [6.45, 7) is 0. The largest absolute Gasteiger partial charge is 0.299 e. The van der Waals surface area contributed by atoms with Crippen LogP contribution in [0.4, 0.5) is 0 Å². The molecule has 0 aliphatic rings. The predicted molar refractivity (Wildman–Crippen MR) is 67.6 cm³/mol. The first-order valence-electron chi connectivity index (χ1n) is 5.65. The summed E-state index contributed by atoms with van der Waals surface area (Å²) in [5.41, 5.74) is 2.96. The lowest BCUT2D eigenvalue weighted by Gasteiger charge is -1.97. The Labute approximate surface area is 102 Å². The highest BCUT2D eigenvalue weighted by atomic mass is 15.4. The highest BCUT2D eigenvalue weighted by Crippen LogP contribution is 2.27. The van der Waals surface area contributed by atoms with Gasteiger partial charge in [0.05, 0.1) is 17.9 Å². The van der Waals surface area contributed by atoms with E-state index in [0.29, 0.717) is 0 Å². The molecule has 4 rings (SSSR count). The van der Waals surface area contributed by atoms with Gasteiger partial charge in [-0.3, -0.25) is 4.40 Å². The number of hydrogen-bond acceptors (Lipinski definition) is 3. The van der Waals surface area contributed by atoms with Crippen LogP contribution in [0.5, 0.6) is 0 Å². The predicted octanol–water partition coefficient (Wildman–Crippen LogP) is 2.07. The maximum atomic E-state index is 4.45. The van der Waals surface area contributed by atoms with Crippen LogP contribution < -0.4 is 0 Å². The number of nitrogens with zero attached hydrogens (tertiary/aromatic N) is 5. The number of hydrogen-bond donors (Lipinski definition) is 0. The van der Waals surface area contributed by atoms with Crippen molar-refractivity contribution in [3.8, 4) is 5.69 Å². The van der Waals surface area contributed by atoms with Crippen LogP contribution >= 0.6 is 0 Å². The van der Waals surface area contributed by atoms with Crippen molar-refractivity contribution in [1.82, 2.24) is 24.4 Å². The average molecular weight is 235 g/mol. The fourth-order valence-corrected chi connectivity index (χ4v) is 2.30. The Bertz CT molecular complexity index is 776. The first-order chi connectivity index (χ1) is 8.95. The molecule has 0 N–H and O–H groups in total. The van der Waals surface area contributed by atoms with E-state index in [-0.39, 0.29) is 0 Å². The Morgan fingerprint density at radius 3 is 2.78 bits per heavy atom. The minimum atomic E-state index is 0.879. The summed E-state index contributed by atoms with van der Waals surface area (Å²) in [5.74, 6) is 0. The summed E-state index contributed by atoms with van der Waals surface area (Å²) >= 11 is 0. The normalized spacial score (nSPS) is 11.3. The Morgan fingerprint density at radius 1 is 0.944 bits per heavy atom. The van der Waals surface area contributed by atoms with E-state index in [1.807, 2.05) is 30.6 Å². The monoisotopic (exact) mass is 235 g/mol. The SMILES string of the molecule is c1ccc2c(c1)c(-n1ccnn1)c1ncccn12. The van der Waals surface area contributed by atoms with Gasteiger partial charge in [0, 0.05) is 17.8 Å². The van der Waals surface area contributed by atoms with Crippen molar-refractivity contribution in [3.63, 3.8) is 0 Å². The van der Waals surface area contributed by atoms with E-state index in [1.165, 1.54) is 0 Å². The Balaban J connectivity index is 2.28. The first kappa shape index (κ1) is 9.35. The third-order valence-corrected chi connectivity index (χ3v) is 3.03. The molecule has 0 atom stereocenters. The van der Waals surface area contributed by atoms with E-state index in [0.717, 1.165) is 22.2 Å². The topological polar surface area (TPSA) is 48.0 Å². The van der Waals surface area contributed by atoms with Crippen molar-refractivity contribution < 1.29 is 0 Å². The van der Waals surface area contributed by atoms with Crippen LogP contribution in [0.25, 0.3) is 22.2 Å². The molecule has 0 amide bonds. The number of para-hydroxylation sites is 1. The van der Waals surface area contributed by atoms with E-state index >= 15 is 0 Å². The van der Waals surface area contributed by atoms with E-state index in [4.69, 9.17) is 0 Å². The molecule has 5 nitrogen and oxygen atoms in total. The van der Waals surface area contributed by atoms with Gasteiger partial charge >= 0.3 is 0 Å². The molecule has 3 aromatic heterocycles. The molecule has 0 unspecified atom stereocenters. The van der Waals surface area contributed by atoms with Gasteiger partial charge in [-0.25, -0.2) is 9.67 Å². The molecule has 0 saturated heterocycles. The standard InChI is InChI=1S/C13H9N5/c1-2-5-11-10(4-1)12(18-9-7-15-16-18)13-14-6-3-8-17(11)13/h1-9H. The summed E-state index contributed by atoms with van der Waals surface area (Å²) in [5, 5.41) is 9.05. The Hall–Kier alpha value is -2.69. The van der Waals surface area contributed by atoms with Crippen molar-refractivity contribution >= 4 is 16.6 Å². The molecule has 0 radical (unpaired) electrons. The summed E-state index contributed by atoms with van der Waals surface area (Å²) in [6.07, 6.45) is 7.29. The Morgan fingerprint density at radius 2 is 1.89 bits per heavy atom. The quantitative estimate of drug-likeness (QED) is 0.507. The molecule has 4 aromatic rings. The summed E-state index contributed by atoms with van der Waals surface area (Å²) in [7, 11) is 0. The van der Waals surface area contributed by atoms with Gasteiger partial charge in [-0.1, -0.05) is 23.4 Å². The first-order valence-corrected chi connectivity index (χ1v) is 5.65. The van der Waals surface area contributed by atoms with E-state index in [1.54, 1.807) is 17.1 Å². The molecule has 0 aliphatic heterocycles. The highest BCUT2D eigenvalue weighted by Gasteiger charge is 2.13. The van der Waals surface area contributed by atoms with E-state index in [9.17, 15) is 0 Å². The molecule has 5 heteroatoms. The van der Waals surface area contributed by atoms with Crippen LogP contribution in [-0.4, -0.2) is 24.4 Å². The number of fused-ring (bicyclic) bond motifs is 3. The second-order valence-electron chi connectivity index (χ2n) is 4.03. The van der Waals surface area contributed by atoms with Crippen LogP contribution in [0.15, 0.2) is 55.1 Å². The van der Waals surface area contributed by atoms with Gasteiger partial charge < -0.3 is 0 Å². The van der Waals surface area contributed by atoms with Crippen molar-refractivity contribution in [2.24, 2.45) is 0 Å². The summed E-state index contributed by atoms with van der Waals surface area (Å²) in [4.78, 5) is 4.45. The second-order valence-corrected chi connectivity index (χ2v) is 4.03. The maximum Gasteiger partial charge on any atom is 0.164 e. The van der Waals surface area contributed by atoms with Crippen LogP contribution in [0.2, 0.25) is 0 Å². The minimum Gasteiger partial charge on any atom is -0.299 e. The number of benzene rings is 1. The smallest absolute Gasteiger partial charge is 0.164 e. The van der Waals surface area contributed by atoms with Gasteiger partial charge in [0.1, 0.15) is 5.69 Å². The van der Waals surface area contributed by atoms with Gasteiger partial charge in [-0.2, -0.15) is 0 Å². The van der Waals surface area contributed by atoms with Crippen LogP contribution in [0, 0.1) is 0 Å². The molecule has 0 saturated carbocycles. The van der Waals surface area contributed by atoms with Crippen molar-refractivity contribution in [2.45, 2.75) is 0 Å². The third kappa shape index (κ3) is 1.13. The molecule has 18 heavy (non-hydrogen) atoms. The highest BCUT2D eigenvalue weighted by molar-refractivity contribution is 5.96. The minimum absolute atomic E-state index is 0.879. The van der Waals surface area contributed by atoms with E-state index in [2.05, 4.69) is 31.8 Å². The number of rotatable bonds is 1. The van der Waals surface area contributed by atoms with Crippen LogP contribution in [-0.2, 0) is 0 Å². The van der Waals surface area contributed by atoms with Gasteiger partial charge in [-0.05, 0) is 12.1 Å². The molecule has 0 aliphatic carbocycles. The average Bonchev–Trinajstić information content (AvgIpc) is 3.03. The van der Waals surface area contributed by atoms with E-state index < -0.39 is 0 Å². The van der Waals surface area contributed by atoms with Crippen molar-refractivity contribution in [1.29, 1.82) is 0 Å². The lowest BCUT2D eigenvalue weighted by molar-refractivity contribution is 0.809. The zero-order chi connectivity index (χ0) is 11.9. The molecule has 0 fully saturated rings. The Kier molecular flexibility index (Phi) is 1.77. The molecule has 1 aromatic carbocycles. The van der Waals surface area contributed by atoms with Gasteiger partial charge in [0.15, 0.2) is 5.65 Å². The van der Waals surface area contributed by atoms with Gasteiger partial charge in [-0.15, -0.1) is 5.10 Å². The fraction of sp³-hybridized carbons (Fsp3) is 0. The molecule has 86 valence electrons. The van der Waals surface area contributed by atoms with Crippen molar-refractivity contribution in [3.05, 3.63) is 55.1 Å². The van der Waals surface area contributed by atoms with Gasteiger partial charge in [0.25, 0.3) is 0 Å². The molecular weight excluding hydrogens is 226 g/mol. The van der Waals surface area contributed by atoms with Crippen molar-refractivity contribution in [2.75, 3.05) is 0 Å². The number of aromatic nitrogens is 5. The third-order valence-electron chi connectivity index (χ3n) is 3.03. The van der Waals surface area contributed by atoms with Crippen LogP contribution in [0.1, 0.15) is 0 Å². The van der Waals surface area contributed by atoms with Gasteiger partial charge in [0.2, 0.25) is 0 Å². The lowest BCUT2D eigenvalue weighted by Crippen LogP contribution is -1.96. The fourth-order valence-electron chi connectivity index (χ4n) is 2.30. The zero-order valence-corrected chi connectivity index (χ0v) is 9.43. The zero-order valence-electron chi connectivity index (χ0n) is 9.43. The second kappa shape index (κ2) is 3.40. The maximum absolute atomic E-state index is 4.45. The van der Waals surface area contributed by atoms with Crippen LogP contribution in [0.3, 0.4) is 0 Å². The lowest BCUT2D eigenvalue weighted by atomic mass is 10.2. The molecule has 0 spiro atoms. The summed E-state index contributed by atoms with van der Waals surface area (Å²) < 4.78 is 3.82.